The van der Waals surface area contributed by atoms with Crippen LogP contribution in [0.15, 0.2) is 27.6 Å². The maximum Gasteiger partial charge on any atom is 0.254 e. The maximum absolute atomic E-state index is 13.0. The van der Waals surface area contributed by atoms with E-state index in [1.165, 1.54) is 6.07 Å². The predicted octanol–water partition coefficient (Wildman–Crippen LogP) is 1.81. The Hall–Kier alpha value is -2.48. The van der Waals surface area contributed by atoms with Crippen LogP contribution in [0.3, 0.4) is 0 Å². The minimum absolute atomic E-state index is 0.174. The molecule has 1 unspecified atom stereocenters. The van der Waals surface area contributed by atoms with Gasteiger partial charge in [0.05, 0.1) is 6.61 Å². The summed E-state index contributed by atoms with van der Waals surface area (Å²) < 4.78 is 12.0. The molecular formula is C18H24N4O4. The van der Waals surface area contributed by atoms with E-state index >= 15 is 0 Å². The van der Waals surface area contributed by atoms with Crippen LogP contribution in [0.5, 0.6) is 0 Å². The minimum atomic E-state index is -0.256. The molecule has 0 bridgehead atoms. The second kappa shape index (κ2) is 8.27. The van der Waals surface area contributed by atoms with Crippen LogP contribution in [-0.2, 0) is 17.7 Å². The first-order valence-electron chi connectivity index (χ1n) is 8.97. The van der Waals surface area contributed by atoms with Crippen LogP contribution in [-0.4, -0.2) is 45.8 Å². The number of hydrogen-bond donors (Lipinski definition) is 0. The van der Waals surface area contributed by atoms with E-state index in [-0.39, 0.29) is 17.5 Å². The number of carbonyl (C=O) groups excluding carboxylic acids is 1. The summed E-state index contributed by atoms with van der Waals surface area (Å²) in [7, 11) is 1.62. The number of rotatable bonds is 6. The summed E-state index contributed by atoms with van der Waals surface area (Å²) >= 11 is 0. The van der Waals surface area contributed by atoms with Crippen molar-refractivity contribution in [1.82, 2.24) is 19.6 Å². The molecule has 1 aliphatic heterocycles. The van der Waals surface area contributed by atoms with Crippen LogP contribution in [0.4, 0.5) is 0 Å². The molecule has 8 heteroatoms. The Morgan fingerprint density at radius 3 is 3.00 bits per heavy atom. The molecule has 26 heavy (non-hydrogen) atoms. The Balaban J connectivity index is 1.82. The average molecular weight is 360 g/mol. The van der Waals surface area contributed by atoms with Crippen molar-refractivity contribution in [2.75, 3.05) is 20.3 Å². The maximum atomic E-state index is 13.0. The van der Waals surface area contributed by atoms with Gasteiger partial charge in [0.15, 0.2) is 5.82 Å². The van der Waals surface area contributed by atoms with Gasteiger partial charge in [-0.2, -0.15) is 4.98 Å². The largest absolute Gasteiger partial charge is 0.384 e. The van der Waals surface area contributed by atoms with E-state index in [4.69, 9.17) is 9.26 Å². The highest BCUT2D eigenvalue weighted by Gasteiger charge is 2.32. The van der Waals surface area contributed by atoms with Crippen molar-refractivity contribution < 1.29 is 14.1 Å². The van der Waals surface area contributed by atoms with Gasteiger partial charge < -0.3 is 18.7 Å². The summed E-state index contributed by atoms with van der Waals surface area (Å²) in [5.74, 6) is 0.850. The molecule has 2 aromatic heterocycles. The molecule has 3 heterocycles. The number of hydrogen-bond acceptors (Lipinski definition) is 6. The smallest absolute Gasteiger partial charge is 0.254 e. The van der Waals surface area contributed by atoms with Crippen molar-refractivity contribution >= 4 is 5.91 Å². The molecule has 0 saturated carbocycles. The summed E-state index contributed by atoms with van der Waals surface area (Å²) in [5, 5.41) is 3.97. The summed E-state index contributed by atoms with van der Waals surface area (Å²) in [6.45, 7) is 3.59. The number of amides is 1. The van der Waals surface area contributed by atoms with Crippen LogP contribution in [0, 0.1) is 0 Å². The van der Waals surface area contributed by atoms with Crippen LogP contribution >= 0.6 is 0 Å². The number of nitrogens with zero attached hydrogens (tertiary/aromatic N) is 4. The molecule has 1 aliphatic rings. The molecule has 0 spiro atoms. The van der Waals surface area contributed by atoms with E-state index in [1.807, 2.05) is 6.92 Å². The predicted molar refractivity (Wildman–Crippen MR) is 93.9 cm³/mol. The zero-order valence-corrected chi connectivity index (χ0v) is 15.2. The monoisotopic (exact) mass is 360 g/mol. The molecule has 1 saturated heterocycles. The van der Waals surface area contributed by atoms with Crippen LogP contribution in [0.2, 0.25) is 0 Å². The summed E-state index contributed by atoms with van der Waals surface area (Å²) in [4.78, 5) is 31.2. The minimum Gasteiger partial charge on any atom is -0.384 e. The molecule has 8 nitrogen and oxygen atoms in total. The average Bonchev–Trinajstić information content (AvgIpc) is 3.14. The second-order valence-corrected chi connectivity index (χ2v) is 6.34. The number of carbonyl (C=O) groups is 1. The fourth-order valence-corrected chi connectivity index (χ4v) is 3.20. The van der Waals surface area contributed by atoms with E-state index in [2.05, 4.69) is 10.1 Å². The fraction of sp³-hybridized carbons (Fsp3) is 0.556. The van der Waals surface area contributed by atoms with Crippen molar-refractivity contribution in [3.05, 3.63) is 46.0 Å². The van der Waals surface area contributed by atoms with Crippen molar-refractivity contribution in [3.8, 4) is 0 Å². The molecule has 3 rings (SSSR count). The second-order valence-electron chi connectivity index (χ2n) is 6.34. The molecule has 1 amide bonds. The molecule has 1 fully saturated rings. The standard InChI is InChI=1S/C18H24N4O4/c1-3-21-10-7-13(12-16(21)23)18(24)22-9-5-4-6-14(22)17-19-15(20-26-17)8-11-25-2/h7,10,12,14H,3-6,8-9,11H2,1-2H3. The Morgan fingerprint density at radius 1 is 1.42 bits per heavy atom. The van der Waals surface area contributed by atoms with E-state index < -0.39 is 0 Å². The lowest BCUT2D eigenvalue weighted by atomic mass is 10.0. The Kier molecular flexibility index (Phi) is 5.82. The quantitative estimate of drug-likeness (QED) is 0.780. The van der Waals surface area contributed by atoms with E-state index in [1.54, 1.807) is 28.8 Å². The molecule has 0 radical (unpaired) electrons. The Labute approximate surface area is 151 Å². The van der Waals surface area contributed by atoms with Crippen LogP contribution in [0.25, 0.3) is 0 Å². The first-order chi connectivity index (χ1) is 12.6. The van der Waals surface area contributed by atoms with Gasteiger partial charge in [0, 0.05) is 44.4 Å². The van der Waals surface area contributed by atoms with Gasteiger partial charge in [-0.1, -0.05) is 5.16 Å². The molecule has 0 aliphatic carbocycles. The number of methoxy groups -OCH3 is 1. The number of ether oxygens (including phenoxy) is 1. The lowest BCUT2D eigenvalue weighted by molar-refractivity contribution is 0.0561. The highest BCUT2D eigenvalue weighted by Crippen LogP contribution is 2.31. The van der Waals surface area contributed by atoms with Gasteiger partial charge in [-0.15, -0.1) is 0 Å². The molecule has 1 atom stereocenters. The van der Waals surface area contributed by atoms with Gasteiger partial charge in [0.1, 0.15) is 6.04 Å². The Bertz CT molecular complexity index is 814. The van der Waals surface area contributed by atoms with E-state index in [0.717, 1.165) is 19.3 Å². The topological polar surface area (TPSA) is 90.5 Å². The van der Waals surface area contributed by atoms with Gasteiger partial charge >= 0.3 is 0 Å². The number of pyridine rings is 1. The van der Waals surface area contributed by atoms with Crippen LogP contribution in [0.1, 0.15) is 54.3 Å². The normalized spacial score (nSPS) is 17.5. The van der Waals surface area contributed by atoms with Gasteiger partial charge in [0.25, 0.3) is 11.5 Å². The van der Waals surface area contributed by atoms with Gasteiger partial charge in [-0.3, -0.25) is 9.59 Å². The number of piperidine rings is 1. The van der Waals surface area contributed by atoms with E-state index in [0.29, 0.717) is 43.4 Å². The third-order valence-electron chi connectivity index (χ3n) is 4.65. The summed E-state index contributed by atoms with van der Waals surface area (Å²) in [6, 6.07) is 2.83. The molecule has 0 N–H and O–H groups in total. The zero-order valence-electron chi connectivity index (χ0n) is 15.2. The third kappa shape index (κ3) is 3.85. The first kappa shape index (κ1) is 18.3. The molecule has 140 valence electrons. The highest BCUT2D eigenvalue weighted by molar-refractivity contribution is 5.94. The number of likely N-dealkylation sites (tertiary alicyclic amines) is 1. The zero-order chi connectivity index (χ0) is 18.5. The lowest BCUT2D eigenvalue weighted by Gasteiger charge is -2.33. The van der Waals surface area contributed by atoms with Crippen molar-refractivity contribution in [2.24, 2.45) is 0 Å². The van der Waals surface area contributed by atoms with Crippen molar-refractivity contribution in [2.45, 2.75) is 45.2 Å². The SMILES string of the molecule is CCn1ccc(C(=O)N2CCCCC2c2nc(CCOC)no2)cc1=O. The van der Waals surface area contributed by atoms with Gasteiger partial charge in [-0.05, 0) is 32.3 Å². The fourth-order valence-electron chi connectivity index (χ4n) is 3.20. The highest BCUT2D eigenvalue weighted by atomic mass is 16.5. The first-order valence-corrected chi connectivity index (χ1v) is 8.97. The van der Waals surface area contributed by atoms with Gasteiger partial charge in [-0.25, -0.2) is 0 Å². The van der Waals surface area contributed by atoms with Crippen LogP contribution < -0.4 is 5.56 Å². The molecular weight excluding hydrogens is 336 g/mol. The third-order valence-corrected chi connectivity index (χ3v) is 4.65. The summed E-state index contributed by atoms with van der Waals surface area (Å²) in [5.41, 5.74) is 0.220. The number of aryl methyl sites for hydroxylation is 1. The van der Waals surface area contributed by atoms with Crippen molar-refractivity contribution in [3.63, 3.8) is 0 Å². The lowest BCUT2D eigenvalue weighted by Crippen LogP contribution is -2.39. The molecule has 0 aromatic carbocycles. The summed E-state index contributed by atoms with van der Waals surface area (Å²) in [6.07, 6.45) is 4.89. The van der Waals surface area contributed by atoms with Gasteiger partial charge in [0.2, 0.25) is 5.89 Å². The van der Waals surface area contributed by atoms with E-state index in [9.17, 15) is 9.59 Å². The Morgan fingerprint density at radius 2 is 2.27 bits per heavy atom. The molecule has 2 aromatic rings. The number of aromatic nitrogens is 3. The van der Waals surface area contributed by atoms with Crippen molar-refractivity contribution in [1.29, 1.82) is 0 Å².